The predicted octanol–water partition coefficient (Wildman–Crippen LogP) is 3.61. The summed E-state index contributed by atoms with van der Waals surface area (Å²) in [6.07, 6.45) is 8.23. The number of urea groups is 1. The van der Waals surface area contributed by atoms with Gasteiger partial charge in [0.1, 0.15) is 0 Å². The predicted molar refractivity (Wildman–Crippen MR) is 110 cm³/mol. The Bertz CT molecular complexity index is 1160. The Morgan fingerprint density at radius 3 is 2.70 bits per heavy atom. The third-order valence-electron chi connectivity index (χ3n) is 5.98. The molecule has 3 N–H and O–H groups in total. The summed E-state index contributed by atoms with van der Waals surface area (Å²) in [5.41, 5.74) is 5.08. The Morgan fingerprint density at radius 1 is 1.33 bits per heavy atom. The number of nitrogens with one attached hydrogen (secondary N) is 1. The van der Waals surface area contributed by atoms with E-state index in [0.717, 1.165) is 79.3 Å². The fraction of sp³-hybridized carbons (Fsp3) is 0.550. The molecule has 3 aliphatic carbocycles. The number of amides is 2. The molecule has 160 valence electrons. The number of hydrogen-bond acceptors (Lipinski definition) is 4. The second kappa shape index (κ2) is 7.12. The van der Waals surface area contributed by atoms with E-state index in [0.29, 0.717) is 18.4 Å². The molecule has 0 unspecified atom stereocenters. The van der Waals surface area contributed by atoms with Crippen LogP contribution in [0.2, 0.25) is 0 Å². The molecule has 2 aromatic rings. The van der Waals surface area contributed by atoms with Crippen molar-refractivity contribution in [1.29, 1.82) is 0 Å². The number of hydrogen-bond donors (Lipinski definition) is 2. The van der Waals surface area contributed by atoms with Crippen molar-refractivity contribution in [1.82, 2.24) is 14.8 Å². The number of carbonyl (C=O) groups is 1. The zero-order valence-corrected chi connectivity index (χ0v) is 17.7. The number of pyridine rings is 1. The van der Waals surface area contributed by atoms with E-state index in [1.54, 1.807) is 6.92 Å². The van der Waals surface area contributed by atoms with Gasteiger partial charge in [0.05, 0.1) is 11.9 Å². The Morgan fingerprint density at radius 2 is 2.07 bits per heavy atom. The third kappa shape index (κ3) is 3.51. The molecular formula is C20H25FN6O2S. The smallest absolute Gasteiger partial charge is 0.305 e. The molecule has 8 nitrogen and oxygen atoms in total. The van der Waals surface area contributed by atoms with Crippen LogP contribution in [0.1, 0.15) is 73.4 Å². The van der Waals surface area contributed by atoms with E-state index in [1.807, 2.05) is 0 Å². The first-order valence-electron chi connectivity index (χ1n) is 10.5. The van der Waals surface area contributed by atoms with E-state index < -0.39 is 26.8 Å². The van der Waals surface area contributed by atoms with Crippen molar-refractivity contribution in [3.05, 3.63) is 34.5 Å². The Kier molecular flexibility index (Phi) is 4.66. The number of nitrogens with two attached hydrogens (primary N) is 1. The van der Waals surface area contributed by atoms with Gasteiger partial charge in [-0.15, -0.1) is 4.36 Å². The highest BCUT2D eigenvalue weighted by molar-refractivity contribution is 7.91. The molecule has 30 heavy (non-hydrogen) atoms. The van der Waals surface area contributed by atoms with Crippen molar-refractivity contribution in [2.75, 3.05) is 5.32 Å². The molecule has 5 rings (SSSR count). The quantitative estimate of drug-likeness (QED) is 0.751. The van der Waals surface area contributed by atoms with Crippen LogP contribution in [0.15, 0.2) is 15.6 Å². The number of carbonyl (C=O) groups excluding carboxylic acids is 1. The molecule has 2 aromatic heterocycles. The number of aromatic nitrogens is 3. The van der Waals surface area contributed by atoms with Crippen molar-refractivity contribution >= 4 is 21.6 Å². The van der Waals surface area contributed by atoms with Crippen LogP contribution in [0.3, 0.4) is 0 Å². The van der Waals surface area contributed by atoms with Gasteiger partial charge in [-0.25, -0.2) is 18.5 Å². The summed E-state index contributed by atoms with van der Waals surface area (Å²) in [6, 6.07) is -0.836. The fourth-order valence-electron chi connectivity index (χ4n) is 4.25. The van der Waals surface area contributed by atoms with Crippen LogP contribution in [0, 0.1) is 5.82 Å². The van der Waals surface area contributed by atoms with Gasteiger partial charge in [-0.1, -0.05) is 0 Å². The lowest BCUT2D eigenvalue weighted by Crippen LogP contribution is -2.20. The molecule has 0 aromatic carbocycles. The first kappa shape index (κ1) is 19.6. The Labute approximate surface area is 174 Å². The summed E-state index contributed by atoms with van der Waals surface area (Å²) in [4.78, 5) is 17.7. The lowest BCUT2D eigenvalue weighted by Gasteiger charge is -2.18. The van der Waals surface area contributed by atoms with Crippen LogP contribution < -0.4 is 10.5 Å². The van der Waals surface area contributed by atoms with Crippen molar-refractivity contribution in [2.45, 2.75) is 75.3 Å². The summed E-state index contributed by atoms with van der Waals surface area (Å²) in [6.45, 7) is 2.15. The summed E-state index contributed by atoms with van der Waals surface area (Å²) in [5.74, 6) is 0.0274. The fourth-order valence-corrected chi connectivity index (χ4v) is 5.18. The second-order valence-electron chi connectivity index (χ2n) is 8.34. The number of fused-ring (bicyclic) bond motifs is 1. The maximum atomic E-state index is 14.1. The Balaban J connectivity index is 1.53. The highest BCUT2D eigenvalue weighted by Gasteiger charge is 2.38. The van der Waals surface area contributed by atoms with Gasteiger partial charge in [-0.3, -0.25) is 9.67 Å². The average molecular weight is 433 g/mol. The van der Waals surface area contributed by atoms with E-state index in [1.165, 1.54) is 4.68 Å². The minimum Gasteiger partial charge on any atom is -0.305 e. The molecule has 2 saturated carbocycles. The number of nitrogens with zero attached hydrogens (tertiary/aromatic N) is 4. The first-order chi connectivity index (χ1) is 14.4. The molecular weight excluding hydrogens is 407 g/mol. The normalized spacial score (nSPS) is 20.0. The van der Waals surface area contributed by atoms with Gasteiger partial charge in [0.15, 0.2) is 15.7 Å². The molecule has 2 amide bonds. The average Bonchev–Trinajstić information content (AvgIpc) is 3.61. The van der Waals surface area contributed by atoms with E-state index in [-0.39, 0.29) is 0 Å². The number of rotatable bonds is 5. The van der Waals surface area contributed by atoms with Gasteiger partial charge in [0, 0.05) is 29.4 Å². The molecule has 0 bridgehead atoms. The van der Waals surface area contributed by atoms with Crippen molar-refractivity contribution in [3.63, 3.8) is 0 Å². The van der Waals surface area contributed by atoms with Crippen LogP contribution in [0.4, 0.5) is 14.9 Å². The van der Waals surface area contributed by atoms with Crippen LogP contribution in [-0.4, -0.2) is 25.0 Å². The molecule has 0 spiro atoms. The molecule has 0 saturated heterocycles. The lowest BCUT2D eigenvalue weighted by atomic mass is 9.98. The maximum absolute atomic E-state index is 14.1. The molecule has 3 aliphatic rings. The third-order valence-corrected chi connectivity index (χ3v) is 7.25. The molecule has 10 heteroatoms. The standard InChI is InChI=1S/C20H25FN6O2S/c1-2-27-10-14(21)19(25-27)30(22,29)26-20(28)24-18-13-4-3-5-15(13)23-17(12-8-9-12)16(18)11-6-7-11/h10-12H,2-9H2,1H3,(H3,22,23,24,26,28,29)/t30-/m0/s1. The van der Waals surface area contributed by atoms with E-state index in [4.69, 9.17) is 10.1 Å². The number of aryl methyl sites for hydroxylation is 2. The summed E-state index contributed by atoms with van der Waals surface area (Å²) < 4.78 is 31.9. The maximum Gasteiger partial charge on any atom is 0.354 e. The zero-order valence-electron chi connectivity index (χ0n) is 16.9. The first-order valence-corrected chi connectivity index (χ1v) is 12.1. The highest BCUT2D eigenvalue weighted by Crippen LogP contribution is 2.52. The van der Waals surface area contributed by atoms with Crippen molar-refractivity contribution < 1.29 is 13.4 Å². The van der Waals surface area contributed by atoms with Crippen molar-refractivity contribution in [3.8, 4) is 0 Å². The van der Waals surface area contributed by atoms with Crippen LogP contribution in [0.25, 0.3) is 0 Å². The Hall–Kier alpha value is -2.33. The minimum atomic E-state index is -3.80. The van der Waals surface area contributed by atoms with E-state index >= 15 is 0 Å². The topological polar surface area (TPSA) is 115 Å². The van der Waals surface area contributed by atoms with Gasteiger partial charge < -0.3 is 5.32 Å². The minimum absolute atomic E-state index is 0.385. The summed E-state index contributed by atoms with van der Waals surface area (Å²) in [5, 5.41) is 12.0. The zero-order chi connectivity index (χ0) is 21.0. The van der Waals surface area contributed by atoms with Gasteiger partial charge in [-0.05, 0) is 63.4 Å². The van der Waals surface area contributed by atoms with Crippen LogP contribution >= 0.6 is 0 Å². The number of anilines is 1. The van der Waals surface area contributed by atoms with Crippen LogP contribution in [0.5, 0.6) is 0 Å². The van der Waals surface area contributed by atoms with E-state index in [2.05, 4.69) is 14.8 Å². The number of halogens is 1. The molecule has 2 fully saturated rings. The van der Waals surface area contributed by atoms with E-state index in [9.17, 15) is 13.4 Å². The summed E-state index contributed by atoms with van der Waals surface area (Å²) >= 11 is 0. The van der Waals surface area contributed by atoms with Crippen molar-refractivity contribution in [2.24, 2.45) is 9.50 Å². The van der Waals surface area contributed by atoms with Gasteiger partial charge >= 0.3 is 6.03 Å². The SMILES string of the molecule is CCn1cc(F)c([S@@](N)(=O)=NC(=O)Nc2c3c(nc(C4CC4)c2C2CC2)CCC3)n1. The molecule has 0 aliphatic heterocycles. The largest absolute Gasteiger partial charge is 0.354 e. The van der Waals surface area contributed by atoms with Gasteiger partial charge in [-0.2, -0.15) is 5.10 Å². The van der Waals surface area contributed by atoms with Gasteiger partial charge in [0.2, 0.25) is 5.03 Å². The lowest BCUT2D eigenvalue weighted by molar-refractivity contribution is 0.260. The molecule has 2 heterocycles. The monoisotopic (exact) mass is 432 g/mol. The summed E-state index contributed by atoms with van der Waals surface area (Å²) in [7, 11) is -3.80. The van der Waals surface area contributed by atoms with Gasteiger partial charge in [0.25, 0.3) is 0 Å². The van der Waals surface area contributed by atoms with Crippen LogP contribution in [-0.2, 0) is 29.3 Å². The molecule has 1 atom stereocenters. The second-order valence-corrected chi connectivity index (χ2v) is 10.0. The molecule has 0 radical (unpaired) electrons. The highest BCUT2D eigenvalue weighted by atomic mass is 32.2.